The number of allylic oxidation sites excluding steroid dienone is 2. The number of halogens is 1. The molecule has 0 radical (unpaired) electrons. The standard InChI is InChI=1S/C20H21FN2/c1-14-4-5-15(16(13-22)18(14)23-3)6-7-20-10-8-19(2,9-11-20)17(21)12-20/h4-5,12H,6-11H2,1-2H3. The fraction of sp³-hybridized carbons (Fsp3) is 0.500. The Hall–Kier alpha value is -2.13. The van der Waals surface area contributed by atoms with E-state index in [1.165, 1.54) is 0 Å². The molecule has 1 aromatic carbocycles. The Labute approximate surface area is 137 Å². The molecule has 1 aromatic rings. The Morgan fingerprint density at radius 1 is 1.30 bits per heavy atom. The summed E-state index contributed by atoms with van der Waals surface area (Å²) in [4.78, 5) is 3.52. The minimum Gasteiger partial charge on any atom is -0.236 e. The average molecular weight is 308 g/mol. The van der Waals surface area contributed by atoms with Crippen LogP contribution in [0.2, 0.25) is 0 Å². The normalized spacial score (nSPS) is 28.8. The molecule has 1 saturated carbocycles. The molecule has 3 aliphatic carbocycles. The lowest BCUT2D eigenvalue weighted by molar-refractivity contribution is 0.0905. The SMILES string of the molecule is [C-]#[N+]c1c(C)ccc(CCC23C=C(F)C(C)(CC2)CC3)c1C#N. The first-order chi connectivity index (χ1) is 10.9. The number of aryl methyl sites for hydroxylation is 2. The predicted octanol–water partition coefficient (Wildman–Crippen LogP) is 5.78. The quantitative estimate of drug-likeness (QED) is 0.650. The van der Waals surface area contributed by atoms with Gasteiger partial charge in [-0.1, -0.05) is 19.1 Å². The number of benzene rings is 1. The molecule has 0 N–H and O–H groups in total. The van der Waals surface area contributed by atoms with Gasteiger partial charge < -0.3 is 0 Å². The zero-order chi connectivity index (χ0) is 16.7. The molecule has 0 atom stereocenters. The van der Waals surface area contributed by atoms with Crippen molar-refractivity contribution in [2.75, 3.05) is 0 Å². The van der Waals surface area contributed by atoms with Crippen LogP contribution >= 0.6 is 0 Å². The number of nitrogens with zero attached hydrogens (tertiary/aromatic N) is 2. The van der Waals surface area contributed by atoms with Crippen molar-refractivity contribution in [1.29, 1.82) is 5.26 Å². The second-order valence-electron chi connectivity index (χ2n) is 7.40. The van der Waals surface area contributed by atoms with Crippen LogP contribution in [-0.4, -0.2) is 0 Å². The topological polar surface area (TPSA) is 28.1 Å². The molecule has 4 rings (SSSR count). The molecule has 23 heavy (non-hydrogen) atoms. The van der Waals surface area contributed by atoms with Gasteiger partial charge in [-0.25, -0.2) is 9.24 Å². The predicted molar refractivity (Wildman–Crippen MR) is 88.7 cm³/mol. The van der Waals surface area contributed by atoms with Gasteiger partial charge in [-0.3, -0.25) is 0 Å². The number of rotatable bonds is 3. The van der Waals surface area contributed by atoms with Gasteiger partial charge in [-0.05, 0) is 68.1 Å². The van der Waals surface area contributed by atoms with Crippen LogP contribution in [-0.2, 0) is 6.42 Å². The summed E-state index contributed by atoms with van der Waals surface area (Å²) < 4.78 is 14.3. The van der Waals surface area contributed by atoms with Gasteiger partial charge in [0, 0.05) is 5.41 Å². The zero-order valence-corrected chi connectivity index (χ0v) is 13.7. The molecule has 0 amide bonds. The monoisotopic (exact) mass is 308 g/mol. The van der Waals surface area contributed by atoms with E-state index in [0.29, 0.717) is 11.3 Å². The maximum atomic E-state index is 14.3. The molecule has 1 fully saturated rings. The van der Waals surface area contributed by atoms with E-state index in [1.54, 1.807) is 0 Å². The fourth-order valence-electron chi connectivity index (χ4n) is 4.05. The first kappa shape index (κ1) is 15.8. The van der Waals surface area contributed by atoms with Gasteiger partial charge in [0.05, 0.1) is 18.2 Å². The van der Waals surface area contributed by atoms with Gasteiger partial charge >= 0.3 is 0 Å². The summed E-state index contributed by atoms with van der Waals surface area (Å²) in [6.45, 7) is 11.2. The van der Waals surface area contributed by atoms with E-state index in [0.717, 1.165) is 49.7 Å². The van der Waals surface area contributed by atoms with E-state index in [1.807, 2.05) is 32.1 Å². The molecule has 3 heteroatoms. The van der Waals surface area contributed by atoms with E-state index in [-0.39, 0.29) is 16.7 Å². The van der Waals surface area contributed by atoms with Crippen LogP contribution in [0.5, 0.6) is 0 Å². The Kier molecular flexibility index (Phi) is 3.77. The maximum absolute atomic E-state index is 14.3. The highest BCUT2D eigenvalue weighted by Crippen LogP contribution is 2.57. The number of fused-ring (bicyclic) bond motifs is 2. The lowest BCUT2D eigenvalue weighted by atomic mass is 9.57. The Morgan fingerprint density at radius 2 is 2.00 bits per heavy atom. The zero-order valence-electron chi connectivity index (χ0n) is 13.7. The van der Waals surface area contributed by atoms with Gasteiger partial charge in [-0.15, -0.1) is 0 Å². The van der Waals surface area contributed by atoms with E-state index in [9.17, 15) is 9.65 Å². The van der Waals surface area contributed by atoms with Crippen LogP contribution < -0.4 is 0 Å². The number of nitriles is 1. The molecule has 0 spiro atoms. The molecular weight excluding hydrogens is 287 g/mol. The fourth-order valence-corrected chi connectivity index (χ4v) is 4.05. The molecular formula is C20H21FN2. The van der Waals surface area contributed by atoms with Crippen molar-refractivity contribution in [1.82, 2.24) is 0 Å². The van der Waals surface area contributed by atoms with Crippen molar-refractivity contribution in [2.24, 2.45) is 10.8 Å². The van der Waals surface area contributed by atoms with Crippen molar-refractivity contribution in [2.45, 2.75) is 52.4 Å². The second kappa shape index (κ2) is 5.50. The Morgan fingerprint density at radius 3 is 2.57 bits per heavy atom. The molecule has 118 valence electrons. The van der Waals surface area contributed by atoms with E-state index >= 15 is 0 Å². The first-order valence-electron chi connectivity index (χ1n) is 8.22. The van der Waals surface area contributed by atoms with Crippen molar-refractivity contribution >= 4 is 5.69 Å². The lowest BCUT2D eigenvalue weighted by Crippen LogP contribution is -2.38. The highest BCUT2D eigenvalue weighted by atomic mass is 19.1. The maximum Gasteiger partial charge on any atom is 0.207 e. The van der Waals surface area contributed by atoms with Crippen LogP contribution in [0.4, 0.5) is 10.1 Å². The summed E-state index contributed by atoms with van der Waals surface area (Å²) in [5, 5.41) is 9.43. The van der Waals surface area contributed by atoms with E-state index in [2.05, 4.69) is 10.9 Å². The summed E-state index contributed by atoms with van der Waals surface area (Å²) >= 11 is 0. The van der Waals surface area contributed by atoms with Gasteiger partial charge in [-0.2, -0.15) is 5.26 Å². The van der Waals surface area contributed by atoms with Crippen LogP contribution in [0.15, 0.2) is 24.0 Å². The lowest BCUT2D eigenvalue weighted by Gasteiger charge is -2.48. The molecule has 0 saturated heterocycles. The van der Waals surface area contributed by atoms with Crippen LogP contribution in [0, 0.1) is 35.7 Å². The third kappa shape index (κ3) is 2.55. The molecule has 2 nitrogen and oxygen atoms in total. The molecule has 0 aromatic heterocycles. The summed E-state index contributed by atoms with van der Waals surface area (Å²) in [5.74, 6) is 0.0567. The smallest absolute Gasteiger partial charge is 0.207 e. The molecule has 0 aliphatic heterocycles. The number of hydrogen-bond acceptors (Lipinski definition) is 1. The highest BCUT2D eigenvalue weighted by molar-refractivity contribution is 5.66. The first-order valence-corrected chi connectivity index (χ1v) is 8.22. The molecule has 2 bridgehead atoms. The van der Waals surface area contributed by atoms with E-state index in [4.69, 9.17) is 6.57 Å². The average Bonchev–Trinajstić information content (AvgIpc) is 2.55. The van der Waals surface area contributed by atoms with Crippen LogP contribution in [0.25, 0.3) is 4.85 Å². The highest BCUT2D eigenvalue weighted by Gasteiger charge is 2.46. The van der Waals surface area contributed by atoms with Crippen molar-refractivity contribution < 1.29 is 4.39 Å². The third-order valence-electron chi connectivity index (χ3n) is 5.94. The van der Waals surface area contributed by atoms with Crippen molar-refractivity contribution in [3.8, 4) is 6.07 Å². The van der Waals surface area contributed by atoms with Gasteiger partial charge in [0.25, 0.3) is 0 Å². The van der Waals surface area contributed by atoms with Crippen molar-refractivity contribution in [3.05, 3.63) is 52.1 Å². The minimum absolute atomic E-state index is 0.0567. The Bertz CT molecular complexity index is 753. The second-order valence-corrected chi connectivity index (χ2v) is 7.40. The summed E-state index contributed by atoms with van der Waals surface area (Å²) in [6, 6.07) is 6.06. The number of hydrogen-bond donors (Lipinski definition) is 0. The largest absolute Gasteiger partial charge is 0.236 e. The summed E-state index contributed by atoms with van der Waals surface area (Å²) in [6.07, 6.45) is 7.33. The van der Waals surface area contributed by atoms with Crippen LogP contribution in [0.1, 0.15) is 55.7 Å². The minimum atomic E-state index is -0.235. The van der Waals surface area contributed by atoms with Gasteiger partial charge in [0.15, 0.2) is 0 Å². The molecule has 0 unspecified atom stereocenters. The van der Waals surface area contributed by atoms with E-state index < -0.39 is 0 Å². The third-order valence-corrected chi connectivity index (χ3v) is 5.94. The van der Waals surface area contributed by atoms with Gasteiger partial charge in [0.2, 0.25) is 5.69 Å². The Balaban J connectivity index is 1.86. The molecule has 3 aliphatic rings. The molecule has 0 heterocycles. The van der Waals surface area contributed by atoms with Crippen LogP contribution in [0.3, 0.4) is 0 Å². The van der Waals surface area contributed by atoms with Crippen molar-refractivity contribution in [3.63, 3.8) is 0 Å². The summed E-state index contributed by atoms with van der Waals surface area (Å²) in [7, 11) is 0. The van der Waals surface area contributed by atoms with Gasteiger partial charge in [0.1, 0.15) is 5.83 Å². The summed E-state index contributed by atoms with van der Waals surface area (Å²) in [5.41, 5.74) is 2.43.